The summed E-state index contributed by atoms with van der Waals surface area (Å²) in [6.45, 7) is 2.83. The van der Waals surface area contributed by atoms with Gasteiger partial charge in [0.2, 0.25) is 0 Å². The second-order valence-corrected chi connectivity index (χ2v) is 4.53. The molecule has 1 heterocycles. The standard InChI is InChI=1S/C13H17F3N2.2ClH/c14-13(15,16)10-12(11-4-2-1-3-5-11)18-8-6-17-7-9-18;;/h1-5,12,17H,6-10H2;2*1H/t12-;;/m0../s1. The number of nitrogens with zero attached hydrogens (tertiary/aromatic N) is 1. The van der Waals surface area contributed by atoms with Gasteiger partial charge in [0, 0.05) is 32.2 Å². The summed E-state index contributed by atoms with van der Waals surface area (Å²) in [4.78, 5) is 1.92. The van der Waals surface area contributed by atoms with E-state index >= 15 is 0 Å². The van der Waals surface area contributed by atoms with Gasteiger partial charge in [-0.15, -0.1) is 24.8 Å². The average molecular weight is 331 g/mol. The fourth-order valence-electron chi connectivity index (χ4n) is 2.35. The normalized spacial score (nSPS) is 17.8. The van der Waals surface area contributed by atoms with Crippen LogP contribution in [0.2, 0.25) is 0 Å². The lowest BCUT2D eigenvalue weighted by Gasteiger charge is -2.35. The maximum atomic E-state index is 12.7. The molecule has 2 rings (SSSR count). The lowest BCUT2D eigenvalue weighted by atomic mass is 10.0. The Labute approximate surface area is 129 Å². The molecule has 0 aromatic heterocycles. The van der Waals surface area contributed by atoms with Gasteiger partial charge in [0.15, 0.2) is 0 Å². The second-order valence-electron chi connectivity index (χ2n) is 4.53. The molecule has 7 heteroatoms. The van der Waals surface area contributed by atoms with Crippen LogP contribution in [0.3, 0.4) is 0 Å². The number of nitrogens with one attached hydrogen (secondary N) is 1. The summed E-state index contributed by atoms with van der Waals surface area (Å²) < 4.78 is 38.1. The molecule has 1 saturated heterocycles. The third-order valence-electron chi connectivity index (χ3n) is 3.20. The van der Waals surface area contributed by atoms with Gasteiger partial charge in [-0.2, -0.15) is 13.2 Å². The van der Waals surface area contributed by atoms with E-state index in [1.807, 2.05) is 11.0 Å². The third-order valence-corrected chi connectivity index (χ3v) is 3.20. The Morgan fingerprint density at radius 1 is 1.05 bits per heavy atom. The van der Waals surface area contributed by atoms with E-state index in [0.717, 1.165) is 18.7 Å². The molecule has 1 aromatic rings. The van der Waals surface area contributed by atoms with Crippen molar-refractivity contribution in [2.45, 2.75) is 18.6 Å². The van der Waals surface area contributed by atoms with Gasteiger partial charge >= 0.3 is 6.18 Å². The van der Waals surface area contributed by atoms with Crippen molar-refractivity contribution in [2.75, 3.05) is 26.2 Å². The summed E-state index contributed by atoms with van der Waals surface area (Å²) in [7, 11) is 0. The van der Waals surface area contributed by atoms with Crippen molar-refractivity contribution in [1.82, 2.24) is 10.2 Å². The van der Waals surface area contributed by atoms with Gasteiger partial charge < -0.3 is 5.32 Å². The predicted octanol–water partition coefficient (Wildman–Crippen LogP) is 3.43. The first-order chi connectivity index (χ1) is 8.56. The summed E-state index contributed by atoms with van der Waals surface area (Å²) in [6.07, 6.45) is -4.91. The van der Waals surface area contributed by atoms with Gasteiger partial charge in [-0.05, 0) is 5.56 Å². The topological polar surface area (TPSA) is 15.3 Å². The van der Waals surface area contributed by atoms with E-state index < -0.39 is 18.6 Å². The molecule has 20 heavy (non-hydrogen) atoms. The molecule has 1 aliphatic rings. The Morgan fingerprint density at radius 3 is 2.10 bits per heavy atom. The van der Waals surface area contributed by atoms with Gasteiger partial charge in [0.1, 0.15) is 0 Å². The third kappa shape index (κ3) is 5.87. The van der Waals surface area contributed by atoms with Crippen molar-refractivity contribution in [3.63, 3.8) is 0 Å². The van der Waals surface area contributed by atoms with E-state index in [1.165, 1.54) is 0 Å². The number of rotatable bonds is 3. The maximum Gasteiger partial charge on any atom is 0.390 e. The summed E-state index contributed by atoms with van der Waals surface area (Å²) in [5, 5.41) is 3.16. The minimum absolute atomic E-state index is 0. The zero-order valence-corrected chi connectivity index (χ0v) is 12.5. The van der Waals surface area contributed by atoms with Crippen LogP contribution in [0.15, 0.2) is 30.3 Å². The highest BCUT2D eigenvalue weighted by Gasteiger charge is 2.35. The van der Waals surface area contributed by atoms with Crippen molar-refractivity contribution in [3.8, 4) is 0 Å². The van der Waals surface area contributed by atoms with E-state index in [-0.39, 0.29) is 24.8 Å². The van der Waals surface area contributed by atoms with E-state index in [2.05, 4.69) is 5.32 Å². The van der Waals surface area contributed by atoms with Crippen molar-refractivity contribution in [1.29, 1.82) is 0 Å². The number of alkyl halides is 3. The predicted molar refractivity (Wildman–Crippen MR) is 78.8 cm³/mol. The highest BCUT2D eigenvalue weighted by molar-refractivity contribution is 5.85. The number of hydrogen-bond donors (Lipinski definition) is 1. The Hall–Kier alpha value is -0.490. The molecular formula is C13H19Cl2F3N2. The molecule has 0 aliphatic carbocycles. The summed E-state index contributed by atoms with van der Waals surface area (Å²) in [6, 6.07) is 8.40. The molecule has 1 aromatic carbocycles. The highest BCUT2D eigenvalue weighted by Crippen LogP contribution is 2.33. The molecule has 1 fully saturated rings. The van der Waals surface area contributed by atoms with Crippen LogP contribution in [0.25, 0.3) is 0 Å². The first-order valence-electron chi connectivity index (χ1n) is 6.13. The molecule has 0 bridgehead atoms. The van der Waals surface area contributed by atoms with E-state index in [4.69, 9.17) is 0 Å². The molecular weight excluding hydrogens is 312 g/mol. The first-order valence-corrected chi connectivity index (χ1v) is 6.13. The lowest BCUT2D eigenvalue weighted by Crippen LogP contribution is -2.46. The van der Waals surface area contributed by atoms with Crippen molar-refractivity contribution >= 4 is 24.8 Å². The molecule has 1 atom stereocenters. The number of hydrogen-bond acceptors (Lipinski definition) is 2. The Balaban J connectivity index is 0.00000180. The smallest absolute Gasteiger partial charge is 0.314 e. The maximum absolute atomic E-state index is 12.7. The summed E-state index contributed by atoms with van der Waals surface area (Å²) in [5.74, 6) is 0. The molecule has 116 valence electrons. The van der Waals surface area contributed by atoms with Crippen LogP contribution in [-0.4, -0.2) is 37.3 Å². The average Bonchev–Trinajstić information content (AvgIpc) is 2.37. The minimum Gasteiger partial charge on any atom is -0.314 e. The molecule has 1 N–H and O–H groups in total. The monoisotopic (exact) mass is 330 g/mol. The largest absolute Gasteiger partial charge is 0.390 e. The van der Waals surface area contributed by atoms with Crippen molar-refractivity contribution < 1.29 is 13.2 Å². The number of piperazine rings is 1. The summed E-state index contributed by atoms with van der Waals surface area (Å²) in [5.41, 5.74) is 0.747. The van der Waals surface area contributed by atoms with E-state index in [9.17, 15) is 13.2 Å². The number of halogens is 5. The van der Waals surface area contributed by atoms with Gasteiger partial charge in [-0.25, -0.2) is 0 Å². The zero-order valence-electron chi connectivity index (χ0n) is 10.9. The van der Waals surface area contributed by atoms with Gasteiger partial charge in [-0.1, -0.05) is 30.3 Å². The fraction of sp³-hybridized carbons (Fsp3) is 0.538. The Bertz CT molecular complexity index is 368. The van der Waals surface area contributed by atoms with Crippen LogP contribution in [0.5, 0.6) is 0 Å². The Kier molecular flexibility index (Phi) is 8.51. The quantitative estimate of drug-likeness (QED) is 0.913. The van der Waals surface area contributed by atoms with E-state index in [1.54, 1.807) is 24.3 Å². The van der Waals surface area contributed by atoms with Crippen LogP contribution >= 0.6 is 24.8 Å². The zero-order chi connectivity index (χ0) is 13.0. The summed E-state index contributed by atoms with van der Waals surface area (Å²) >= 11 is 0. The van der Waals surface area contributed by atoms with Crippen LogP contribution < -0.4 is 5.32 Å². The Morgan fingerprint density at radius 2 is 1.60 bits per heavy atom. The molecule has 2 nitrogen and oxygen atoms in total. The van der Waals surface area contributed by atoms with Crippen LogP contribution in [0.1, 0.15) is 18.0 Å². The molecule has 0 amide bonds. The molecule has 0 unspecified atom stereocenters. The molecule has 0 spiro atoms. The van der Waals surface area contributed by atoms with Gasteiger partial charge in [-0.3, -0.25) is 4.90 Å². The van der Waals surface area contributed by atoms with Crippen LogP contribution in [0.4, 0.5) is 13.2 Å². The van der Waals surface area contributed by atoms with Gasteiger partial charge in [0.05, 0.1) is 6.42 Å². The second kappa shape index (κ2) is 8.72. The van der Waals surface area contributed by atoms with Crippen LogP contribution in [0, 0.1) is 0 Å². The van der Waals surface area contributed by atoms with Crippen LogP contribution in [-0.2, 0) is 0 Å². The van der Waals surface area contributed by atoms with Crippen molar-refractivity contribution in [2.24, 2.45) is 0 Å². The van der Waals surface area contributed by atoms with Crippen molar-refractivity contribution in [3.05, 3.63) is 35.9 Å². The molecule has 0 saturated carbocycles. The minimum atomic E-state index is -4.13. The highest BCUT2D eigenvalue weighted by atomic mass is 35.5. The lowest BCUT2D eigenvalue weighted by molar-refractivity contribution is -0.148. The van der Waals surface area contributed by atoms with E-state index in [0.29, 0.717) is 13.1 Å². The molecule has 0 radical (unpaired) electrons. The number of benzene rings is 1. The first kappa shape index (κ1) is 19.5. The fourth-order valence-corrected chi connectivity index (χ4v) is 2.35. The molecule has 1 aliphatic heterocycles. The van der Waals surface area contributed by atoms with Gasteiger partial charge in [0.25, 0.3) is 0 Å². The SMILES string of the molecule is Cl.Cl.FC(F)(F)C[C@@H](c1ccccc1)N1CCNCC1.